The summed E-state index contributed by atoms with van der Waals surface area (Å²) in [5.41, 5.74) is -0.356. The Labute approximate surface area is 106 Å². The molecule has 0 spiro atoms. The summed E-state index contributed by atoms with van der Waals surface area (Å²) in [6.07, 6.45) is 3.61. The predicted molar refractivity (Wildman–Crippen MR) is 68.4 cm³/mol. The third-order valence-electron chi connectivity index (χ3n) is 2.79. The normalized spacial score (nSPS) is 12.0. The molecule has 0 atom stereocenters. The van der Waals surface area contributed by atoms with Crippen LogP contribution in [0.1, 0.15) is 26.6 Å². The molecule has 0 unspecified atom stereocenters. The number of rotatable bonds is 3. The van der Waals surface area contributed by atoms with E-state index in [1.54, 1.807) is 15.4 Å². The van der Waals surface area contributed by atoms with E-state index in [0.29, 0.717) is 13.1 Å². The molecule has 98 valence electrons. The van der Waals surface area contributed by atoms with E-state index in [4.69, 9.17) is 0 Å². The van der Waals surface area contributed by atoms with Crippen LogP contribution < -0.4 is 5.69 Å². The standard InChI is InChI=1S/C12H19N5O/c1-10-14-17(12(2,3)4)11(18)16(10)9-8-15-7-5-6-13-15/h5-7H,8-9H2,1-4H3. The first-order valence-corrected chi connectivity index (χ1v) is 6.04. The van der Waals surface area contributed by atoms with E-state index in [9.17, 15) is 4.79 Å². The highest BCUT2D eigenvalue weighted by Gasteiger charge is 2.20. The minimum Gasteiger partial charge on any atom is -0.277 e. The van der Waals surface area contributed by atoms with Crippen molar-refractivity contribution in [2.45, 2.75) is 46.3 Å². The van der Waals surface area contributed by atoms with Gasteiger partial charge in [-0.2, -0.15) is 10.2 Å². The molecule has 2 aromatic rings. The smallest absolute Gasteiger partial charge is 0.277 e. The molecule has 6 heteroatoms. The summed E-state index contributed by atoms with van der Waals surface area (Å²) in [5, 5.41) is 8.44. The Morgan fingerprint density at radius 2 is 2.00 bits per heavy atom. The van der Waals surface area contributed by atoms with E-state index in [-0.39, 0.29) is 11.2 Å². The third-order valence-corrected chi connectivity index (χ3v) is 2.79. The fourth-order valence-corrected chi connectivity index (χ4v) is 1.82. The largest absolute Gasteiger partial charge is 0.346 e. The molecule has 0 bridgehead atoms. The van der Waals surface area contributed by atoms with Gasteiger partial charge >= 0.3 is 5.69 Å². The lowest BCUT2D eigenvalue weighted by Crippen LogP contribution is -2.36. The van der Waals surface area contributed by atoms with Crippen molar-refractivity contribution < 1.29 is 0 Å². The Balaban J connectivity index is 2.24. The molecule has 0 saturated heterocycles. The maximum absolute atomic E-state index is 12.2. The Morgan fingerprint density at radius 3 is 2.50 bits per heavy atom. The van der Waals surface area contributed by atoms with Crippen molar-refractivity contribution in [1.82, 2.24) is 24.1 Å². The second-order valence-electron chi connectivity index (χ2n) is 5.33. The monoisotopic (exact) mass is 249 g/mol. The number of aryl methyl sites for hydroxylation is 2. The maximum Gasteiger partial charge on any atom is 0.346 e. The molecule has 18 heavy (non-hydrogen) atoms. The summed E-state index contributed by atoms with van der Waals surface area (Å²) in [4.78, 5) is 12.2. The van der Waals surface area contributed by atoms with Gasteiger partial charge in [-0.05, 0) is 33.8 Å². The lowest BCUT2D eigenvalue weighted by atomic mass is 10.1. The van der Waals surface area contributed by atoms with Gasteiger partial charge in [0.25, 0.3) is 0 Å². The van der Waals surface area contributed by atoms with Crippen molar-refractivity contribution >= 4 is 0 Å². The number of aromatic nitrogens is 5. The molecule has 0 N–H and O–H groups in total. The predicted octanol–water partition coefficient (Wildman–Crippen LogP) is 1.00. The van der Waals surface area contributed by atoms with Gasteiger partial charge in [-0.1, -0.05) is 0 Å². The second kappa shape index (κ2) is 4.44. The van der Waals surface area contributed by atoms with Crippen LogP contribution in [0, 0.1) is 6.92 Å². The van der Waals surface area contributed by atoms with Crippen LogP contribution in [-0.4, -0.2) is 24.1 Å². The summed E-state index contributed by atoms with van der Waals surface area (Å²) < 4.78 is 5.03. The lowest BCUT2D eigenvalue weighted by Gasteiger charge is -2.16. The lowest BCUT2D eigenvalue weighted by molar-refractivity contribution is 0.338. The van der Waals surface area contributed by atoms with Crippen LogP contribution >= 0.6 is 0 Å². The topological polar surface area (TPSA) is 57.6 Å². The number of hydrogen-bond acceptors (Lipinski definition) is 3. The quantitative estimate of drug-likeness (QED) is 0.815. The van der Waals surface area contributed by atoms with Crippen LogP contribution in [0.3, 0.4) is 0 Å². The van der Waals surface area contributed by atoms with Crippen molar-refractivity contribution in [1.29, 1.82) is 0 Å². The molecule has 0 radical (unpaired) electrons. The summed E-state index contributed by atoms with van der Waals surface area (Å²) in [5.74, 6) is 0.738. The van der Waals surface area contributed by atoms with Gasteiger partial charge in [-0.25, -0.2) is 9.48 Å². The van der Waals surface area contributed by atoms with E-state index in [2.05, 4.69) is 10.2 Å². The van der Waals surface area contributed by atoms with Gasteiger partial charge in [0.2, 0.25) is 0 Å². The highest BCUT2D eigenvalue weighted by Crippen LogP contribution is 2.09. The Hall–Kier alpha value is -1.85. The maximum atomic E-state index is 12.2. The molecule has 0 aliphatic heterocycles. The van der Waals surface area contributed by atoms with E-state index in [0.717, 1.165) is 5.82 Å². The van der Waals surface area contributed by atoms with Crippen molar-refractivity contribution in [3.05, 3.63) is 34.8 Å². The molecule has 0 aliphatic rings. The highest BCUT2D eigenvalue weighted by molar-refractivity contribution is 4.87. The molecule has 0 saturated carbocycles. The number of nitrogens with zero attached hydrogens (tertiary/aromatic N) is 5. The highest BCUT2D eigenvalue weighted by atomic mass is 16.2. The van der Waals surface area contributed by atoms with Gasteiger partial charge in [0.1, 0.15) is 5.82 Å². The molecule has 6 nitrogen and oxygen atoms in total. The fraction of sp³-hybridized carbons (Fsp3) is 0.583. The van der Waals surface area contributed by atoms with Crippen LogP contribution in [0.2, 0.25) is 0 Å². The summed E-state index contributed by atoms with van der Waals surface area (Å²) in [6, 6.07) is 1.87. The first kappa shape index (κ1) is 12.6. The van der Waals surface area contributed by atoms with Crippen LogP contribution in [-0.2, 0) is 18.6 Å². The van der Waals surface area contributed by atoms with E-state index >= 15 is 0 Å². The van der Waals surface area contributed by atoms with Crippen molar-refractivity contribution in [3.8, 4) is 0 Å². The zero-order chi connectivity index (χ0) is 13.3. The molecule has 2 aromatic heterocycles. The van der Waals surface area contributed by atoms with Gasteiger partial charge in [-0.15, -0.1) is 0 Å². The van der Waals surface area contributed by atoms with Crippen molar-refractivity contribution in [3.63, 3.8) is 0 Å². The first-order valence-electron chi connectivity index (χ1n) is 6.04. The zero-order valence-electron chi connectivity index (χ0n) is 11.3. The van der Waals surface area contributed by atoms with Gasteiger partial charge in [-0.3, -0.25) is 9.25 Å². The SMILES string of the molecule is Cc1nn(C(C)(C)C)c(=O)n1CCn1cccn1. The van der Waals surface area contributed by atoms with Crippen LogP contribution in [0.25, 0.3) is 0 Å². The minimum atomic E-state index is -0.293. The fourth-order valence-electron chi connectivity index (χ4n) is 1.82. The molecule has 2 rings (SSSR count). The first-order chi connectivity index (χ1) is 8.39. The minimum absolute atomic E-state index is 0.0628. The van der Waals surface area contributed by atoms with E-state index in [1.165, 1.54) is 4.68 Å². The average molecular weight is 249 g/mol. The summed E-state index contributed by atoms with van der Waals surface area (Å²) in [7, 11) is 0. The molecule has 2 heterocycles. The van der Waals surface area contributed by atoms with Crippen LogP contribution in [0.15, 0.2) is 23.3 Å². The van der Waals surface area contributed by atoms with Crippen molar-refractivity contribution in [2.24, 2.45) is 0 Å². The van der Waals surface area contributed by atoms with Gasteiger partial charge in [0.15, 0.2) is 0 Å². The van der Waals surface area contributed by atoms with Crippen LogP contribution in [0.5, 0.6) is 0 Å². The number of hydrogen-bond donors (Lipinski definition) is 0. The van der Waals surface area contributed by atoms with E-state index in [1.807, 2.05) is 40.0 Å². The average Bonchev–Trinajstić information content (AvgIpc) is 2.85. The van der Waals surface area contributed by atoms with Crippen molar-refractivity contribution in [2.75, 3.05) is 0 Å². The molecular formula is C12H19N5O. The van der Waals surface area contributed by atoms with E-state index < -0.39 is 0 Å². The molecule has 0 amide bonds. The van der Waals surface area contributed by atoms with Gasteiger partial charge < -0.3 is 0 Å². The molecule has 0 aromatic carbocycles. The van der Waals surface area contributed by atoms with Gasteiger partial charge in [0.05, 0.1) is 12.1 Å². The molecular weight excluding hydrogens is 230 g/mol. The summed E-state index contributed by atoms with van der Waals surface area (Å²) in [6.45, 7) is 9.02. The third kappa shape index (κ3) is 2.37. The Kier molecular flexibility index (Phi) is 3.11. The second-order valence-corrected chi connectivity index (χ2v) is 5.33. The molecule has 0 aliphatic carbocycles. The van der Waals surface area contributed by atoms with Gasteiger partial charge in [0, 0.05) is 18.9 Å². The Bertz CT molecular complexity index is 571. The molecule has 0 fully saturated rings. The Morgan fingerprint density at radius 1 is 1.28 bits per heavy atom. The van der Waals surface area contributed by atoms with Crippen LogP contribution in [0.4, 0.5) is 0 Å². The zero-order valence-corrected chi connectivity index (χ0v) is 11.3. The summed E-state index contributed by atoms with van der Waals surface area (Å²) >= 11 is 0.